The van der Waals surface area contributed by atoms with E-state index < -0.39 is 0 Å². The minimum atomic E-state index is -0.253. The highest BCUT2D eigenvalue weighted by molar-refractivity contribution is 8.26. The van der Waals surface area contributed by atoms with Crippen LogP contribution >= 0.6 is 35.6 Å². The summed E-state index contributed by atoms with van der Waals surface area (Å²) in [5.74, 6) is 0.211. The number of anilines is 1. The number of hydrogen-bond acceptors (Lipinski definition) is 6. The fourth-order valence-electron chi connectivity index (χ4n) is 3.32. The van der Waals surface area contributed by atoms with Gasteiger partial charge in [-0.1, -0.05) is 73.2 Å². The average molecular weight is 485 g/mol. The van der Waals surface area contributed by atoms with Crippen LogP contribution in [0.5, 0.6) is 0 Å². The third kappa shape index (κ3) is 4.57. The van der Waals surface area contributed by atoms with Crippen LogP contribution < -0.4 is 10.9 Å². The van der Waals surface area contributed by atoms with Gasteiger partial charge in [-0.3, -0.25) is 18.9 Å². The molecule has 1 aromatic carbocycles. The van der Waals surface area contributed by atoms with Gasteiger partial charge in [0, 0.05) is 17.8 Å². The molecule has 1 saturated heterocycles. The van der Waals surface area contributed by atoms with Gasteiger partial charge in [-0.2, -0.15) is 0 Å². The number of unbranched alkanes of at least 4 members (excludes halogenated alkanes) is 1. The van der Waals surface area contributed by atoms with Gasteiger partial charge in [-0.25, -0.2) is 4.98 Å². The Balaban J connectivity index is 1.71. The number of thiocarbonyl (C=S) groups is 1. The molecule has 1 aliphatic rings. The number of carbonyl (C=O) groups excluding carboxylic acids is 1. The average Bonchev–Trinajstić information content (AvgIpc) is 3.05. The van der Waals surface area contributed by atoms with E-state index in [1.165, 1.54) is 21.1 Å². The molecule has 6 nitrogen and oxygen atoms in total. The maximum Gasteiger partial charge on any atom is 0.267 e. The van der Waals surface area contributed by atoms with Crippen molar-refractivity contribution in [2.24, 2.45) is 0 Å². The van der Waals surface area contributed by atoms with E-state index in [4.69, 9.17) is 23.8 Å². The summed E-state index contributed by atoms with van der Waals surface area (Å²) < 4.78 is 1.90. The molecule has 1 fully saturated rings. The summed E-state index contributed by atoms with van der Waals surface area (Å²) in [4.78, 5) is 32.9. The minimum Gasteiger partial charge on any atom is -0.369 e. The fourth-order valence-corrected chi connectivity index (χ4v) is 4.75. The van der Waals surface area contributed by atoms with Crippen LogP contribution in [0.25, 0.3) is 11.7 Å². The first-order valence-electron chi connectivity index (χ1n) is 10.2. The lowest BCUT2D eigenvalue weighted by Gasteiger charge is -2.15. The summed E-state index contributed by atoms with van der Waals surface area (Å²) in [6.45, 7) is 3.05. The molecule has 0 aliphatic carbocycles. The molecule has 32 heavy (non-hydrogen) atoms. The van der Waals surface area contributed by atoms with Crippen molar-refractivity contribution in [3.05, 3.63) is 80.1 Å². The van der Waals surface area contributed by atoms with Crippen molar-refractivity contribution in [3.8, 4) is 0 Å². The Bertz CT molecular complexity index is 1290. The second kappa shape index (κ2) is 9.85. The highest BCUT2D eigenvalue weighted by atomic mass is 35.5. The standard InChI is InChI=1S/C23H21ClN4O2S2/c1-2-3-11-25-20-16(21(29)27-12-7-6-10-19(27)26-20)13-18-22(30)28(23(31)32-18)14-15-8-4-5-9-17(15)24/h4-10,12-13,25H,2-3,11,14H2,1H3. The van der Waals surface area contributed by atoms with Gasteiger partial charge in [0.05, 0.1) is 17.0 Å². The van der Waals surface area contributed by atoms with Gasteiger partial charge in [0.2, 0.25) is 0 Å². The maximum absolute atomic E-state index is 13.2. The number of nitrogens with one attached hydrogen (secondary N) is 1. The van der Waals surface area contributed by atoms with Gasteiger partial charge in [0.15, 0.2) is 0 Å². The molecule has 0 saturated carbocycles. The Labute approximate surface area is 200 Å². The number of nitrogens with zero attached hydrogens (tertiary/aromatic N) is 3. The lowest BCUT2D eigenvalue weighted by atomic mass is 10.2. The molecule has 2 aromatic heterocycles. The third-order valence-electron chi connectivity index (χ3n) is 5.03. The van der Waals surface area contributed by atoms with Crippen LogP contribution in [0, 0.1) is 0 Å². The molecular weight excluding hydrogens is 464 g/mol. The van der Waals surface area contributed by atoms with Crippen molar-refractivity contribution in [2.75, 3.05) is 11.9 Å². The predicted molar refractivity (Wildman–Crippen MR) is 135 cm³/mol. The Morgan fingerprint density at radius 1 is 1.19 bits per heavy atom. The lowest BCUT2D eigenvalue weighted by molar-refractivity contribution is -0.122. The van der Waals surface area contributed by atoms with E-state index in [0.717, 1.165) is 18.4 Å². The highest BCUT2D eigenvalue weighted by Crippen LogP contribution is 2.34. The highest BCUT2D eigenvalue weighted by Gasteiger charge is 2.33. The van der Waals surface area contributed by atoms with Gasteiger partial charge in [-0.05, 0) is 36.3 Å². The van der Waals surface area contributed by atoms with E-state index in [2.05, 4.69) is 17.2 Å². The molecule has 0 radical (unpaired) electrons. The summed E-state index contributed by atoms with van der Waals surface area (Å²) in [5, 5.41) is 3.83. The molecule has 0 bridgehead atoms. The maximum atomic E-state index is 13.2. The smallest absolute Gasteiger partial charge is 0.267 e. The number of thioether (sulfide) groups is 1. The van der Waals surface area contributed by atoms with Crippen molar-refractivity contribution >= 4 is 63.3 Å². The molecule has 1 amide bonds. The number of halogens is 1. The van der Waals surface area contributed by atoms with Gasteiger partial charge in [0.1, 0.15) is 15.8 Å². The first kappa shape index (κ1) is 22.5. The number of rotatable bonds is 7. The van der Waals surface area contributed by atoms with Crippen molar-refractivity contribution in [3.63, 3.8) is 0 Å². The van der Waals surface area contributed by atoms with Crippen molar-refractivity contribution in [1.82, 2.24) is 14.3 Å². The number of benzene rings is 1. The normalized spacial score (nSPS) is 15.2. The van der Waals surface area contributed by atoms with E-state index in [9.17, 15) is 9.59 Å². The first-order valence-corrected chi connectivity index (χ1v) is 11.8. The number of carbonyl (C=O) groups is 1. The molecule has 0 spiro atoms. The first-order chi connectivity index (χ1) is 15.5. The van der Waals surface area contributed by atoms with E-state index in [0.29, 0.717) is 37.8 Å². The van der Waals surface area contributed by atoms with Crippen LogP contribution in [0.4, 0.5) is 5.82 Å². The molecular formula is C23H21ClN4O2S2. The zero-order chi connectivity index (χ0) is 22.7. The molecule has 4 rings (SSSR count). The molecule has 3 aromatic rings. The van der Waals surface area contributed by atoms with Crippen molar-refractivity contribution < 1.29 is 4.79 Å². The van der Waals surface area contributed by atoms with Crippen LogP contribution in [0.3, 0.4) is 0 Å². The van der Waals surface area contributed by atoms with Crippen LogP contribution in [-0.2, 0) is 11.3 Å². The molecule has 1 aliphatic heterocycles. The van der Waals surface area contributed by atoms with Crippen molar-refractivity contribution in [1.29, 1.82) is 0 Å². The molecule has 1 N–H and O–H groups in total. The van der Waals surface area contributed by atoms with E-state index >= 15 is 0 Å². The molecule has 164 valence electrons. The lowest BCUT2D eigenvalue weighted by Crippen LogP contribution is -2.27. The summed E-state index contributed by atoms with van der Waals surface area (Å²) in [6.07, 6.45) is 5.21. The van der Waals surface area contributed by atoms with E-state index in [1.807, 2.05) is 24.3 Å². The fraction of sp³-hybridized carbons (Fsp3) is 0.217. The number of hydrogen-bond donors (Lipinski definition) is 1. The Morgan fingerprint density at radius 3 is 2.75 bits per heavy atom. The van der Waals surface area contributed by atoms with Crippen LogP contribution in [0.15, 0.2) is 58.4 Å². The summed E-state index contributed by atoms with van der Waals surface area (Å²) in [7, 11) is 0. The Kier molecular flexibility index (Phi) is 6.93. The summed E-state index contributed by atoms with van der Waals surface area (Å²) in [5.41, 5.74) is 1.44. The van der Waals surface area contributed by atoms with Crippen LogP contribution in [0.2, 0.25) is 5.02 Å². The van der Waals surface area contributed by atoms with Gasteiger partial charge in [-0.15, -0.1) is 0 Å². The zero-order valence-corrected chi connectivity index (χ0v) is 19.8. The second-order valence-corrected chi connectivity index (χ2v) is 9.33. The van der Waals surface area contributed by atoms with E-state index in [-0.39, 0.29) is 18.0 Å². The molecule has 0 unspecified atom stereocenters. The number of pyridine rings is 1. The zero-order valence-electron chi connectivity index (χ0n) is 17.4. The topological polar surface area (TPSA) is 66.7 Å². The van der Waals surface area contributed by atoms with Crippen molar-refractivity contribution in [2.45, 2.75) is 26.3 Å². The van der Waals surface area contributed by atoms with Crippen LogP contribution in [-0.4, -0.2) is 31.1 Å². The Morgan fingerprint density at radius 2 is 1.97 bits per heavy atom. The summed E-state index contributed by atoms with van der Waals surface area (Å²) >= 11 is 12.9. The molecule has 0 atom stereocenters. The third-order valence-corrected chi connectivity index (χ3v) is 6.77. The minimum absolute atomic E-state index is 0.244. The Hall–Kier alpha value is -2.68. The predicted octanol–water partition coefficient (Wildman–Crippen LogP) is 4.96. The van der Waals surface area contributed by atoms with Gasteiger partial charge in [0.25, 0.3) is 11.5 Å². The molecule has 9 heteroatoms. The summed E-state index contributed by atoms with van der Waals surface area (Å²) in [6, 6.07) is 12.7. The largest absolute Gasteiger partial charge is 0.369 e. The van der Waals surface area contributed by atoms with E-state index in [1.54, 1.807) is 30.5 Å². The second-order valence-electron chi connectivity index (χ2n) is 7.25. The molecule has 3 heterocycles. The number of aromatic nitrogens is 2. The van der Waals surface area contributed by atoms with Crippen LogP contribution in [0.1, 0.15) is 30.9 Å². The van der Waals surface area contributed by atoms with Gasteiger partial charge >= 0.3 is 0 Å². The quantitative estimate of drug-likeness (QED) is 0.290. The number of amides is 1. The van der Waals surface area contributed by atoms with Gasteiger partial charge < -0.3 is 5.32 Å². The monoisotopic (exact) mass is 484 g/mol. The SMILES string of the molecule is CCCCNc1nc2ccccn2c(=O)c1C=C1SC(=S)N(Cc2ccccc2Cl)C1=O. The number of fused-ring (bicyclic) bond motifs is 1.